The fraction of sp³-hybridized carbons (Fsp3) is 0.375. The zero-order valence-electron chi connectivity index (χ0n) is 18.1. The maximum absolute atomic E-state index is 12.4. The summed E-state index contributed by atoms with van der Waals surface area (Å²) in [6.07, 6.45) is 6.12. The van der Waals surface area contributed by atoms with Crippen molar-refractivity contribution in [1.29, 1.82) is 0 Å². The number of anilines is 1. The van der Waals surface area contributed by atoms with E-state index in [0.29, 0.717) is 30.6 Å². The molecule has 0 saturated heterocycles. The van der Waals surface area contributed by atoms with Crippen LogP contribution in [0.5, 0.6) is 5.75 Å². The smallest absolute Gasteiger partial charge is 0.226 e. The van der Waals surface area contributed by atoms with Gasteiger partial charge in [0.25, 0.3) is 0 Å². The molecule has 3 aromatic rings. The van der Waals surface area contributed by atoms with Crippen LogP contribution in [0.2, 0.25) is 0 Å². The third kappa shape index (κ3) is 6.40. The van der Waals surface area contributed by atoms with Crippen molar-refractivity contribution >= 4 is 39.6 Å². The molecule has 0 bridgehead atoms. The van der Waals surface area contributed by atoms with Gasteiger partial charge in [-0.1, -0.05) is 12.1 Å². The molecule has 8 heteroatoms. The number of nitrogens with zero attached hydrogens (tertiary/aromatic N) is 1. The van der Waals surface area contributed by atoms with E-state index < -0.39 is 0 Å². The highest BCUT2D eigenvalue weighted by atomic mass is 32.1. The van der Waals surface area contributed by atoms with E-state index in [2.05, 4.69) is 15.6 Å². The van der Waals surface area contributed by atoms with E-state index in [4.69, 9.17) is 4.74 Å². The Labute approximate surface area is 196 Å². The first-order chi connectivity index (χ1) is 15.5. The monoisotopic (exact) mass is 469 g/mol. The summed E-state index contributed by atoms with van der Waals surface area (Å²) < 4.78 is 6.06. The summed E-state index contributed by atoms with van der Waals surface area (Å²) in [5, 5.41) is 8.24. The first kappa shape index (κ1) is 22.5. The van der Waals surface area contributed by atoms with Gasteiger partial charge in [0.2, 0.25) is 11.8 Å². The summed E-state index contributed by atoms with van der Waals surface area (Å²) >= 11 is 3.00. The molecule has 0 atom stereocenters. The van der Waals surface area contributed by atoms with Crippen LogP contribution in [0.1, 0.15) is 49.5 Å². The normalized spacial score (nSPS) is 13.8. The number of benzene rings is 1. The molecule has 0 spiro atoms. The molecule has 2 aromatic heterocycles. The van der Waals surface area contributed by atoms with Crippen LogP contribution in [0, 0.1) is 0 Å². The second-order valence-corrected chi connectivity index (χ2v) is 9.96. The van der Waals surface area contributed by atoms with Gasteiger partial charge in [0, 0.05) is 23.6 Å². The lowest BCUT2D eigenvalue weighted by atomic mass is 10.1. The lowest BCUT2D eigenvalue weighted by Crippen LogP contribution is -2.17. The van der Waals surface area contributed by atoms with Crippen molar-refractivity contribution in [2.45, 2.75) is 58.1 Å². The van der Waals surface area contributed by atoms with E-state index in [0.717, 1.165) is 39.6 Å². The highest BCUT2D eigenvalue weighted by Gasteiger charge is 2.16. The number of hydrogen-bond acceptors (Lipinski definition) is 6. The highest BCUT2D eigenvalue weighted by molar-refractivity contribution is 7.17. The molecule has 1 fully saturated rings. The number of rotatable bonds is 9. The predicted molar refractivity (Wildman–Crippen MR) is 129 cm³/mol. The molecule has 168 valence electrons. The molecule has 1 aliphatic rings. The lowest BCUT2D eigenvalue weighted by Gasteiger charge is -2.13. The molecule has 32 heavy (non-hydrogen) atoms. The minimum atomic E-state index is -0.0504. The fourth-order valence-corrected chi connectivity index (χ4v) is 5.39. The number of nitrogens with one attached hydrogen (secondary N) is 2. The summed E-state index contributed by atoms with van der Waals surface area (Å²) in [4.78, 5) is 30.1. The van der Waals surface area contributed by atoms with E-state index in [1.165, 1.54) is 31.1 Å². The lowest BCUT2D eigenvalue weighted by molar-refractivity contribution is -0.119. The van der Waals surface area contributed by atoms with Gasteiger partial charge in [0.15, 0.2) is 5.13 Å². The minimum Gasteiger partial charge on any atom is -0.490 e. The number of thiophene rings is 1. The van der Waals surface area contributed by atoms with Gasteiger partial charge in [-0.05, 0) is 61.9 Å². The van der Waals surface area contributed by atoms with Crippen molar-refractivity contribution in [1.82, 2.24) is 10.3 Å². The van der Waals surface area contributed by atoms with Gasteiger partial charge < -0.3 is 15.4 Å². The second kappa shape index (κ2) is 10.7. The van der Waals surface area contributed by atoms with Gasteiger partial charge in [-0.15, -0.1) is 22.7 Å². The van der Waals surface area contributed by atoms with E-state index in [9.17, 15) is 9.59 Å². The van der Waals surface area contributed by atoms with Crippen LogP contribution in [0.15, 0.2) is 41.8 Å². The molecule has 1 aliphatic carbocycles. The number of ether oxygens (including phenoxy) is 1. The molecule has 6 nitrogen and oxygen atoms in total. The molecule has 1 saturated carbocycles. The number of aryl methyl sites for hydroxylation is 1. The first-order valence-corrected chi connectivity index (χ1v) is 12.6. The molecule has 2 heterocycles. The van der Waals surface area contributed by atoms with Crippen LogP contribution in [0.3, 0.4) is 0 Å². The summed E-state index contributed by atoms with van der Waals surface area (Å²) in [5.74, 6) is 0.797. The topological polar surface area (TPSA) is 80.3 Å². The van der Waals surface area contributed by atoms with Crippen molar-refractivity contribution in [3.8, 4) is 16.3 Å². The van der Waals surface area contributed by atoms with Crippen molar-refractivity contribution in [2.24, 2.45) is 0 Å². The van der Waals surface area contributed by atoms with Crippen LogP contribution in [-0.4, -0.2) is 22.9 Å². The number of hydrogen-bond donors (Lipinski definition) is 2. The molecular formula is C24H27N3O3S2. The average molecular weight is 470 g/mol. The first-order valence-electron chi connectivity index (χ1n) is 10.9. The molecule has 1 aromatic carbocycles. The molecule has 2 amide bonds. The van der Waals surface area contributed by atoms with Gasteiger partial charge in [-0.25, -0.2) is 4.98 Å². The number of amides is 2. The number of thiazole rings is 1. The maximum Gasteiger partial charge on any atom is 0.226 e. The quantitative estimate of drug-likeness (QED) is 0.440. The molecule has 2 N–H and O–H groups in total. The highest BCUT2D eigenvalue weighted by Crippen LogP contribution is 2.31. The van der Waals surface area contributed by atoms with E-state index in [-0.39, 0.29) is 11.8 Å². The molecule has 4 rings (SSSR count). The Kier molecular flexibility index (Phi) is 7.55. The van der Waals surface area contributed by atoms with Gasteiger partial charge in [-0.3, -0.25) is 9.59 Å². The van der Waals surface area contributed by atoms with Crippen LogP contribution >= 0.6 is 22.7 Å². The minimum absolute atomic E-state index is 0.0494. The van der Waals surface area contributed by atoms with Gasteiger partial charge in [0.1, 0.15) is 5.75 Å². The van der Waals surface area contributed by atoms with Crippen molar-refractivity contribution in [2.75, 3.05) is 5.32 Å². The van der Waals surface area contributed by atoms with Gasteiger partial charge >= 0.3 is 0 Å². The number of aromatic nitrogens is 1. The van der Waals surface area contributed by atoms with E-state index in [1.807, 2.05) is 41.8 Å². The number of carbonyl (C=O) groups excluding carboxylic acids is 2. The van der Waals surface area contributed by atoms with Gasteiger partial charge in [0.05, 0.1) is 23.2 Å². The van der Waals surface area contributed by atoms with Crippen molar-refractivity contribution in [3.05, 3.63) is 52.2 Å². The summed E-state index contributed by atoms with van der Waals surface area (Å²) in [6.45, 7) is 2.02. The zero-order chi connectivity index (χ0) is 22.3. The van der Waals surface area contributed by atoms with Crippen LogP contribution < -0.4 is 15.4 Å². The van der Waals surface area contributed by atoms with Crippen LogP contribution in [-0.2, 0) is 22.6 Å². The Bertz CT molecular complexity index is 1070. The predicted octanol–water partition coefficient (Wildman–Crippen LogP) is 5.40. The Morgan fingerprint density at radius 2 is 2.03 bits per heavy atom. The largest absolute Gasteiger partial charge is 0.490 e. The molecule has 0 radical (unpaired) electrons. The van der Waals surface area contributed by atoms with Crippen LogP contribution in [0.25, 0.3) is 10.6 Å². The molecule has 0 aliphatic heterocycles. The van der Waals surface area contributed by atoms with Crippen LogP contribution in [0.4, 0.5) is 5.13 Å². The van der Waals surface area contributed by atoms with E-state index in [1.54, 1.807) is 11.3 Å². The Balaban J connectivity index is 1.27. The summed E-state index contributed by atoms with van der Waals surface area (Å²) in [6, 6.07) is 12.0. The maximum atomic E-state index is 12.4. The van der Waals surface area contributed by atoms with E-state index >= 15 is 0 Å². The SMILES string of the molecule is CC(=O)NCc1ccc(-c2csc(NC(=O)CCc3cccc(OC4CCCC4)c3)n2)s1. The summed E-state index contributed by atoms with van der Waals surface area (Å²) in [5.41, 5.74) is 1.93. The Morgan fingerprint density at radius 3 is 2.84 bits per heavy atom. The standard InChI is InChI=1S/C24H27N3O3S2/c1-16(28)25-14-20-10-11-22(32-20)21-15-31-24(26-21)27-23(29)12-9-17-5-4-8-19(13-17)30-18-6-2-3-7-18/h4-5,8,10-11,13,15,18H,2-3,6-7,9,12,14H2,1H3,(H,25,28)(H,26,27,29). The van der Waals surface area contributed by atoms with Crippen molar-refractivity contribution < 1.29 is 14.3 Å². The second-order valence-electron chi connectivity index (χ2n) is 7.93. The van der Waals surface area contributed by atoms with Crippen molar-refractivity contribution in [3.63, 3.8) is 0 Å². The third-order valence-corrected chi connectivity index (χ3v) is 7.19. The summed E-state index contributed by atoms with van der Waals surface area (Å²) in [7, 11) is 0. The average Bonchev–Trinajstić information content (AvgIpc) is 3.53. The Hall–Kier alpha value is -2.71. The molecule has 0 unspecified atom stereocenters. The number of carbonyl (C=O) groups is 2. The zero-order valence-corrected chi connectivity index (χ0v) is 19.7. The van der Waals surface area contributed by atoms with Gasteiger partial charge in [-0.2, -0.15) is 0 Å². The molecular weight excluding hydrogens is 442 g/mol. The Morgan fingerprint density at radius 1 is 1.19 bits per heavy atom. The third-order valence-electron chi connectivity index (χ3n) is 5.32. The fourth-order valence-electron chi connectivity index (χ4n) is 3.68.